The van der Waals surface area contributed by atoms with Gasteiger partial charge in [-0.3, -0.25) is 0 Å². The monoisotopic (exact) mass is 275 g/mol. The van der Waals surface area contributed by atoms with E-state index in [2.05, 4.69) is 13.8 Å². The molecule has 114 valence electrons. The van der Waals surface area contributed by atoms with Gasteiger partial charge in [-0.25, -0.2) is 0 Å². The zero-order chi connectivity index (χ0) is 14.0. The zero-order valence-electron chi connectivity index (χ0n) is 13.5. The molecule has 0 bridgehead atoms. The van der Waals surface area contributed by atoms with Crippen LogP contribution in [0.25, 0.3) is 0 Å². The Labute approximate surface area is 125 Å². The van der Waals surface area contributed by atoms with Crippen LogP contribution in [0.3, 0.4) is 0 Å². The third-order valence-corrected chi connectivity index (χ3v) is 8.49. The fraction of sp³-hybridized carbons (Fsp3) is 1.00. The molecule has 4 fully saturated rings. The van der Waals surface area contributed by atoms with Gasteiger partial charge in [0.2, 0.25) is 0 Å². The van der Waals surface area contributed by atoms with Crippen molar-refractivity contribution in [3.8, 4) is 0 Å². The Balaban J connectivity index is 1.62. The molecular formula is C19H33N. The van der Waals surface area contributed by atoms with Crippen LogP contribution in [0.4, 0.5) is 0 Å². The molecule has 4 aliphatic rings. The van der Waals surface area contributed by atoms with Crippen LogP contribution >= 0.6 is 0 Å². The number of nitrogens with two attached hydrogens (primary N) is 1. The lowest BCUT2D eigenvalue weighted by Crippen LogP contribution is -2.53. The van der Waals surface area contributed by atoms with Crippen LogP contribution in [0.5, 0.6) is 0 Å². The van der Waals surface area contributed by atoms with E-state index >= 15 is 0 Å². The van der Waals surface area contributed by atoms with Gasteiger partial charge in [-0.15, -0.1) is 0 Å². The van der Waals surface area contributed by atoms with E-state index in [-0.39, 0.29) is 0 Å². The summed E-state index contributed by atoms with van der Waals surface area (Å²) in [5, 5.41) is 0. The van der Waals surface area contributed by atoms with E-state index in [1.54, 1.807) is 0 Å². The fourth-order valence-corrected chi connectivity index (χ4v) is 7.28. The van der Waals surface area contributed by atoms with E-state index in [0.717, 1.165) is 29.1 Å². The Bertz CT molecular complexity index is 391. The van der Waals surface area contributed by atoms with Gasteiger partial charge in [-0.2, -0.15) is 0 Å². The standard InChI is InChI=1S/C19H33N/c1-18-9-3-4-16(18)15-6-5-13-12-14(20)7-11-19(13,2)17(15)8-10-18/h13-17H,3-12,20H2,1-2H3/t13-,14+,15-,16-,17-,18-,19-/m0/s1. The van der Waals surface area contributed by atoms with E-state index in [0.29, 0.717) is 11.5 Å². The summed E-state index contributed by atoms with van der Waals surface area (Å²) in [4.78, 5) is 0. The summed E-state index contributed by atoms with van der Waals surface area (Å²) in [5.41, 5.74) is 7.63. The Morgan fingerprint density at radius 1 is 0.850 bits per heavy atom. The Morgan fingerprint density at radius 3 is 2.55 bits per heavy atom. The van der Waals surface area contributed by atoms with Crippen molar-refractivity contribution in [1.29, 1.82) is 0 Å². The maximum absolute atomic E-state index is 6.28. The first-order chi connectivity index (χ1) is 9.53. The number of hydrogen-bond acceptors (Lipinski definition) is 1. The molecule has 4 aliphatic carbocycles. The van der Waals surface area contributed by atoms with Crippen LogP contribution in [-0.4, -0.2) is 6.04 Å². The summed E-state index contributed by atoms with van der Waals surface area (Å²) in [6, 6.07) is 0.505. The average Bonchev–Trinajstić information content (AvgIpc) is 2.81. The van der Waals surface area contributed by atoms with Crippen LogP contribution in [0, 0.1) is 34.5 Å². The molecule has 0 aromatic heterocycles. The second kappa shape index (κ2) is 4.48. The maximum atomic E-state index is 6.28. The first-order valence-electron chi connectivity index (χ1n) is 9.28. The minimum absolute atomic E-state index is 0.505. The molecule has 7 atom stereocenters. The molecule has 4 rings (SSSR count). The van der Waals surface area contributed by atoms with Crippen molar-refractivity contribution in [2.75, 3.05) is 0 Å². The third-order valence-electron chi connectivity index (χ3n) is 8.49. The van der Waals surface area contributed by atoms with E-state index in [1.165, 1.54) is 64.2 Å². The van der Waals surface area contributed by atoms with Gasteiger partial charge in [0.15, 0.2) is 0 Å². The van der Waals surface area contributed by atoms with Crippen LogP contribution in [0.1, 0.15) is 78.1 Å². The van der Waals surface area contributed by atoms with Crippen LogP contribution in [0.15, 0.2) is 0 Å². The minimum Gasteiger partial charge on any atom is -0.328 e. The second-order valence-electron chi connectivity index (χ2n) is 9.28. The fourth-order valence-electron chi connectivity index (χ4n) is 7.28. The summed E-state index contributed by atoms with van der Waals surface area (Å²) in [6.07, 6.45) is 14.7. The predicted octanol–water partition coefficient (Wildman–Crippen LogP) is 4.75. The van der Waals surface area contributed by atoms with Gasteiger partial charge in [-0.05, 0) is 92.3 Å². The minimum atomic E-state index is 0.505. The normalized spacial score (nSPS) is 58.6. The molecule has 1 nitrogen and oxygen atoms in total. The molecule has 1 heteroatoms. The molecule has 0 saturated heterocycles. The van der Waals surface area contributed by atoms with Crippen LogP contribution in [-0.2, 0) is 0 Å². The maximum Gasteiger partial charge on any atom is 0.00418 e. The lowest BCUT2D eigenvalue weighted by Gasteiger charge is -2.60. The molecule has 0 spiro atoms. The zero-order valence-corrected chi connectivity index (χ0v) is 13.5. The summed E-state index contributed by atoms with van der Waals surface area (Å²) >= 11 is 0. The molecule has 0 aromatic rings. The molecule has 0 aromatic carbocycles. The van der Waals surface area contributed by atoms with E-state index < -0.39 is 0 Å². The van der Waals surface area contributed by atoms with Crippen molar-refractivity contribution in [3.63, 3.8) is 0 Å². The van der Waals surface area contributed by atoms with Gasteiger partial charge in [0.1, 0.15) is 0 Å². The highest BCUT2D eigenvalue weighted by molar-refractivity contribution is 5.07. The molecule has 20 heavy (non-hydrogen) atoms. The van der Waals surface area contributed by atoms with E-state index in [1.807, 2.05) is 0 Å². The van der Waals surface area contributed by atoms with Crippen molar-refractivity contribution in [2.45, 2.75) is 84.1 Å². The Kier molecular flexibility index (Phi) is 3.05. The number of hydrogen-bond donors (Lipinski definition) is 1. The summed E-state index contributed by atoms with van der Waals surface area (Å²) in [5.74, 6) is 4.10. The average molecular weight is 275 g/mol. The first kappa shape index (κ1) is 13.6. The number of rotatable bonds is 0. The lowest BCUT2D eigenvalue weighted by molar-refractivity contribution is -0.105. The Hall–Kier alpha value is -0.0400. The molecule has 0 amide bonds. The first-order valence-corrected chi connectivity index (χ1v) is 9.28. The molecule has 0 aliphatic heterocycles. The van der Waals surface area contributed by atoms with Crippen molar-refractivity contribution in [1.82, 2.24) is 0 Å². The second-order valence-corrected chi connectivity index (χ2v) is 9.28. The Morgan fingerprint density at radius 2 is 1.70 bits per heavy atom. The highest BCUT2D eigenvalue weighted by Gasteiger charge is 2.57. The molecule has 0 unspecified atom stereocenters. The summed E-state index contributed by atoms with van der Waals surface area (Å²) in [7, 11) is 0. The summed E-state index contributed by atoms with van der Waals surface area (Å²) in [6.45, 7) is 5.27. The molecular weight excluding hydrogens is 242 g/mol. The molecule has 0 heterocycles. The smallest absolute Gasteiger partial charge is 0.00418 e. The predicted molar refractivity (Wildman–Crippen MR) is 84.3 cm³/mol. The van der Waals surface area contributed by atoms with Crippen molar-refractivity contribution >= 4 is 0 Å². The molecule has 2 N–H and O–H groups in total. The van der Waals surface area contributed by atoms with Crippen molar-refractivity contribution in [2.24, 2.45) is 40.2 Å². The van der Waals surface area contributed by atoms with Gasteiger partial charge in [0.25, 0.3) is 0 Å². The van der Waals surface area contributed by atoms with E-state index in [4.69, 9.17) is 5.73 Å². The lowest BCUT2D eigenvalue weighted by atomic mass is 9.45. The highest BCUT2D eigenvalue weighted by Crippen LogP contribution is 2.66. The van der Waals surface area contributed by atoms with E-state index in [9.17, 15) is 0 Å². The van der Waals surface area contributed by atoms with Gasteiger partial charge in [0, 0.05) is 6.04 Å². The van der Waals surface area contributed by atoms with Crippen molar-refractivity contribution < 1.29 is 0 Å². The largest absolute Gasteiger partial charge is 0.328 e. The summed E-state index contributed by atoms with van der Waals surface area (Å²) < 4.78 is 0. The number of fused-ring (bicyclic) bond motifs is 5. The van der Waals surface area contributed by atoms with Crippen molar-refractivity contribution in [3.05, 3.63) is 0 Å². The van der Waals surface area contributed by atoms with Gasteiger partial charge >= 0.3 is 0 Å². The highest BCUT2D eigenvalue weighted by atomic mass is 14.7. The van der Waals surface area contributed by atoms with Gasteiger partial charge in [-0.1, -0.05) is 20.3 Å². The third kappa shape index (κ3) is 1.77. The molecule has 4 saturated carbocycles. The SMILES string of the molecule is C[C@@]12CCC[C@H]1[C@@H]1CC[C@H]3C[C@H](N)CC[C@]3(C)[C@H]1CC2. The van der Waals surface area contributed by atoms with Gasteiger partial charge in [0.05, 0.1) is 0 Å². The van der Waals surface area contributed by atoms with Crippen LogP contribution in [0.2, 0.25) is 0 Å². The quantitative estimate of drug-likeness (QED) is 0.678. The van der Waals surface area contributed by atoms with Crippen LogP contribution < -0.4 is 5.73 Å². The topological polar surface area (TPSA) is 26.0 Å². The van der Waals surface area contributed by atoms with Gasteiger partial charge < -0.3 is 5.73 Å². The molecule has 0 radical (unpaired) electrons.